The predicted molar refractivity (Wildman–Crippen MR) is 147 cm³/mol. The Hall–Kier alpha value is -2.64. The summed E-state index contributed by atoms with van der Waals surface area (Å²) in [5.74, 6) is 0.140. The Morgan fingerprint density at radius 1 is 1.00 bits per heavy atom. The molecule has 1 aromatic heterocycles. The fourth-order valence-corrected chi connectivity index (χ4v) is 4.36. The van der Waals surface area contributed by atoms with Crippen LogP contribution < -0.4 is 16.0 Å². The maximum atomic E-state index is 12.6. The molecule has 2 aromatic carbocycles. The van der Waals surface area contributed by atoms with Crippen molar-refractivity contribution in [2.24, 2.45) is 0 Å². The molecule has 35 heavy (non-hydrogen) atoms. The van der Waals surface area contributed by atoms with Gasteiger partial charge >= 0.3 is 6.03 Å². The van der Waals surface area contributed by atoms with E-state index in [0.29, 0.717) is 22.3 Å². The van der Waals surface area contributed by atoms with Gasteiger partial charge < -0.3 is 20.9 Å². The number of anilines is 1. The zero-order valence-corrected chi connectivity index (χ0v) is 21.7. The van der Waals surface area contributed by atoms with E-state index in [-0.39, 0.29) is 11.9 Å². The molecule has 0 aliphatic rings. The van der Waals surface area contributed by atoms with Gasteiger partial charge in [-0.2, -0.15) is 0 Å². The molecule has 0 fully saturated rings. The Balaban J connectivity index is 1.65. The van der Waals surface area contributed by atoms with Gasteiger partial charge in [-0.05, 0) is 87.5 Å². The fourth-order valence-electron chi connectivity index (χ4n) is 3.83. The summed E-state index contributed by atoms with van der Waals surface area (Å²) in [7, 11) is 4.17. The van der Waals surface area contributed by atoms with E-state index in [4.69, 9.17) is 23.2 Å². The summed E-state index contributed by atoms with van der Waals surface area (Å²) in [4.78, 5) is 19.0. The highest BCUT2D eigenvalue weighted by Gasteiger charge is 2.15. The van der Waals surface area contributed by atoms with Gasteiger partial charge in [-0.1, -0.05) is 53.5 Å². The number of urea groups is 1. The molecule has 3 N–H and O–H groups in total. The third-order valence-corrected chi connectivity index (χ3v) is 6.05. The Morgan fingerprint density at radius 2 is 1.77 bits per heavy atom. The van der Waals surface area contributed by atoms with Crippen LogP contribution in [-0.2, 0) is 0 Å². The van der Waals surface area contributed by atoms with Crippen molar-refractivity contribution in [2.45, 2.75) is 18.8 Å². The molecule has 1 heterocycles. The second kappa shape index (κ2) is 14.0. The lowest BCUT2D eigenvalue weighted by atomic mass is 9.92. The van der Waals surface area contributed by atoms with E-state index in [1.807, 2.05) is 12.3 Å². The predicted octanol–water partition coefficient (Wildman–Crippen LogP) is 5.89. The first-order valence-corrected chi connectivity index (χ1v) is 12.5. The molecule has 1 unspecified atom stereocenters. The number of benzene rings is 2. The summed E-state index contributed by atoms with van der Waals surface area (Å²) in [6.45, 7) is 3.38. The zero-order valence-electron chi connectivity index (χ0n) is 20.2. The Labute approximate surface area is 218 Å². The average molecular weight is 515 g/mol. The fraction of sp³-hybridized carbons (Fsp3) is 0.333. The standard InChI is InChI=1S/C27H33Cl2N5O/c1-34(2)13-5-11-30-12-9-23(19-32-27(35)33-26-16-24(28)15-25(29)17-26)21-7-3-6-20(14-21)22-8-4-10-31-18-22/h3-4,6-8,10,14-18,23,30H,5,9,11-13,19H2,1-2H3,(H2,32,33,35). The highest BCUT2D eigenvalue weighted by atomic mass is 35.5. The number of nitrogens with one attached hydrogen (secondary N) is 3. The van der Waals surface area contributed by atoms with Crippen LogP contribution in [0.3, 0.4) is 0 Å². The zero-order chi connectivity index (χ0) is 25.0. The van der Waals surface area contributed by atoms with Crippen molar-refractivity contribution < 1.29 is 4.79 Å². The van der Waals surface area contributed by atoms with Crippen LogP contribution in [0, 0.1) is 0 Å². The Kier molecular flexibility index (Phi) is 10.8. The molecular weight excluding hydrogens is 481 g/mol. The molecule has 8 heteroatoms. The number of nitrogens with zero attached hydrogens (tertiary/aromatic N) is 2. The molecule has 0 saturated heterocycles. The number of carbonyl (C=O) groups is 1. The van der Waals surface area contributed by atoms with Crippen LogP contribution in [-0.4, -0.2) is 56.2 Å². The van der Waals surface area contributed by atoms with Crippen LogP contribution >= 0.6 is 23.2 Å². The van der Waals surface area contributed by atoms with Gasteiger partial charge in [0.2, 0.25) is 0 Å². The van der Waals surface area contributed by atoms with Crippen molar-refractivity contribution in [3.05, 3.63) is 82.6 Å². The maximum Gasteiger partial charge on any atom is 0.319 e. The number of hydrogen-bond acceptors (Lipinski definition) is 4. The van der Waals surface area contributed by atoms with Crippen LogP contribution in [0.1, 0.15) is 24.3 Å². The third-order valence-electron chi connectivity index (χ3n) is 5.61. The van der Waals surface area contributed by atoms with Crippen LogP contribution in [0.4, 0.5) is 10.5 Å². The first kappa shape index (κ1) is 27.0. The maximum absolute atomic E-state index is 12.6. The second-order valence-corrected chi connectivity index (χ2v) is 9.63. The molecule has 186 valence electrons. The molecule has 3 aromatic rings. The average Bonchev–Trinajstić information content (AvgIpc) is 2.83. The van der Waals surface area contributed by atoms with Crippen molar-refractivity contribution in [1.29, 1.82) is 0 Å². The minimum absolute atomic E-state index is 0.140. The van der Waals surface area contributed by atoms with Gasteiger partial charge in [0.25, 0.3) is 0 Å². The monoisotopic (exact) mass is 513 g/mol. The van der Waals surface area contributed by atoms with E-state index in [2.05, 4.69) is 70.3 Å². The first-order valence-electron chi connectivity index (χ1n) is 11.8. The smallest absolute Gasteiger partial charge is 0.319 e. The quantitative estimate of drug-likeness (QED) is 0.264. The highest BCUT2D eigenvalue weighted by molar-refractivity contribution is 6.35. The molecular formula is C27H33Cl2N5O. The molecule has 0 aliphatic carbocycles. The number of hydrogen-bond donors (Lipinski definition) is 3. The number of pyridine rings is 1. The largest absolute Gasteiger partial charge is 0.337 e. The lowest BCUT2D eigenvalue weighted by molar-refractivity contribution is 0.251. The van der Waals surface area contributed by atoms with Crippen LogP contribution in [0.15, 0.2) is 67.0 Å². The van der Waals surface area contributed by atoms with Crippen molar-refractivity contribution >= 4 is 34.9 Å². The Morgan fingerprint density at radius 3 is 2.49 bits per heavy atom. The normalized spacial score (nSPS) is 11.9. The minimum atomic E-state index is -0.296. The molecule has 0 aliphatic heterocycles. The Bertz CT molecular complexity index is 1060. The summed E-state index contributed by atoms with van der Waals surface area (Å²) >= 11 is 12.1. The van der Waals surface area contributed by atoms with E-state index in [9.17, 15) is 4.79 Å². The second-order valence-electron chi connectivity index (χ2n) is 8.75. The van der Waals surface area contributed by atoms with Crippen LogP contribution in [0.25, 0.3) is 11.1 Å². The topological polar surface area (TPSA) is 69.3 Å². The first-order chi connectivity index (χ1) is 16.9. The lowest BCUT2D eigenvalue weighted by Crippen LogP contribution is -2.33. The van der Waals surface area contributed by atoms with Crippen molar-refractivity contribution in [2.75, 3.05) is 45.6 Å². The van der Waals surface area contributed by atoms with E-state index < -0.39 is 0 Å². The van der Waals surface area contributed by atoms with Gasteiger partial charge in [0.15, 0.2) is 0 Å². The number of amides is 2. The highest BCUT2D eigenvalue weighted by Crippen LogP contribution is 2.26. The summed E-state index contributed by atoms with van der Waals surface area (Å²) in [5, 5.41) is 10.3. The van der Waals surface area contributed by atoms with Gasteiger partial charge in [0.1, 0.15) is 0 Å². The van der Waals surface area contributed by atoms with E-state index in [1.54, 1.807) is 24.4 Å². The van der Waals surface area contributed by atoms with E-state index in [0.717, 1.165) is 43.6 Å². The van der Waals surface area contributed by atoms with Crippen molar-refractivity contribution in [3.63, 3.8) is 0 Å². The van der Waals surface area contributed by atoms with Gasteiger partial charge in [-0.25, -0.2) is 4.79 Å². The van der Waals surface area contributed by atoms with E-state index in [1.165, 1.54) is 5.56 Å². The molecule has 0 saturated carbocycles. The molecule has 0 bridgehead atoms. The number of halogens is 2. The van der Waals surface area contributed by atoms with Crippen LogP contribution in [0.2, 0.25) is 10.0 Å². The number of aromatic nitrogens is 1. The summed E-state index contributed by atoms with van der Waals surface area (Å²) < 4.78 is 0. The van der Waals surface area contributed by atoms with Crippen LogP contribution in [0.5, 0.6) is 0 Å². The molecule has 6 nitrogen and oxygen atoms in total. The third kappa shape index (κ3) is 9.49. The number of rotatable bonds is 12. The van der Waals surface area contributed by atoms with Crippen molar-refractivity contribution in [1.82, 2.24) is 20.5 Å². The lowest BCUT2D eigenvalue weighted by Gasteiger charge is -2.20. The summed E-state index contributed by atoms with van der Waals surface area (Å²) in [6, 6.07) is 17.1. The van der Waals surface area contributed by atoms with Gasteiger partial charge in [-0.3, -0.25) is 4.98 Å². The van der Waals surface area contributed by atoms with E-state index >= 15 is 0 Å². The minimum Gasteiger partial charge on any atom is -0.337 e. The number of carbonyl (C=O) groups excluding carboxylic acids is 1. The van der Waals surface area contributed by atoms with Gasteiger partial charge in [-0.15, -0.1) is 0 Å². The SMILES string of the molecule is CN(C)CCCNCCC(CNC(=O)Nc1cc(Cl)cc(Cl)c1)c1cccc(-c2cccnc2)c1. The molecule has 2 amide bonds. The molecule has 3 rings (SSSR count). The van der Waals surface area contributed by atoms with Gasteiger partial charge in [0.05, 0.1) is 0 Å². The molecule has 0 spiro atoms. The molecule has 0 radical (unpaired) electrons. The van der Waals surface area contributed by atoms with Crippen molar-refractivity contribution in [3.8, 4) is 11.1 Å². The summed E-state index contributed by atoms with van der Waals surface area (Å²) in [5.41, 5.74) is 3.90. The summed E-state index contributed by atoms with van der Waals surface area (Å²) in [6.07, 6.45) is 5.62. The molecule has 1 atom stereocenters. The van der Waals surface area contributed by atoms with Gasteiger partial charge in [0, 0.05) is 40.6 Å².